The maximum Gasteiger partial charge on any atom is -0.00622 e. The van der Waals surface area contributed by atoms with Gasteiger partial charge in [0.2, 0.25) is 0 Å². The van der Waals surface area contributed by atoms with Gasteiger partial charge < -0.3 is 0 Å². The summed E-state index contributed by atoms with van der Waals surface area (Å²) >= 11 is 2.15. The van der Waals surface area contributed by atoms with E-state index in [1.807, 2.05) is 13.8 Å². The van der Waals surface area contributed by atoms with Gasteiger partial charge in [0.25, 0.3) is 0 Å². The highest BCUT2D eigenvalue weighted by atomic mass is 32.2. The van der Waals surface area contributed by atoms with Crippen LogP contribution in [0.25, 0.3) is 0 Å². The molecular weight excluding hydrogens is 176 g/mol. The summed E-state index contributed by atoms with van der Waals surface area (Å²) in [5, 5.41) is 0. The van der Waals surface area contributed by atoms with Gasteiger partial charge in [0, 0.05) is 0 Å². The Kier molecular flexibility index (Phi) is 3.73. The van der Waals surface area contributed by atoms with Gasteiger partial charge in [0.15, 0.2) is 0 Å². The van der Waals surface area contributed by atoms with Gasteiger partial charge in [-0.2, -0.15) is 11.8 Å². The predicted octanol–water partition coefficient (Wildman–Crippen LogP) is 4.35. The summed E-state index contributed by atoms with van der Waals surface area (Å²) in [6, 6.07) is 0. The highest BCUT2D eigenvalue weighted by molar-refractivity contribution is 7.99. The molecule has 2 fully saturated rings. The quantitative estimate of drug-likeness (QED) is 0.560. The van der Waals surface area contributed by atoms with Gasteiger partial charge >= 0.3 is 0 Å². The Hall–Kier alpha value is 0.350. The van der Waals surface area contributed by atoms with Crippen molar-refractivity contribution in [3.63, 3.8) is 0 Å². The van der Waals surface area contributed by atoms with Crippen LogP contribution >= 0.6 is 11.8 Å². The van der Waals surface area contributed by atoms with E-state index in [0.29, 0.717) is 5.41 Å². The van der Waals surface area contributed by atoms with Crippen LogP contribution in [0.5, 0.6) is 0 Å². The lowest BCUT2D eigenvalue weighted by Crippen LogP contribution is -2.45. The van der Waals surface area contributed by atoms with Crippen molar-refractivity contribution in [1.82, 2.24) is 0 Å². The average molecular weight is 200 g/mol. The molecule has 1 heterocycles. The Bertz CT molecular complexity index is 145. The minimum Gasteiger partial charge on any atom is -0.162 e. The maximum absolute atomic E-state index is 2.42. The summed E-state index contributed by atoms with van der Waals surface area (Å²) in [6.07, 6.45) is 6.00. The first-order valence-corrected chi connectivity index (χ1v) is 6.85. The summed E-state index contributed by atoms with van der Waals surface area (Å²) in [5.74, 6) is 2.85. The van der Waals surface area contributed by atoms with Gasteiger partial charge in [-0.3, -0.25) is 0 Å². The fraction of sp³-hybridized carbons (Fsp3) is 1.00. The SMILES string of the molecule is CC.CC1(C)CC2(CCSCC2)C1. The van der Waals surface area contributed by atoms with Crippen LogP contribution in [0.2, 0.25) is 0 Å². The van der Waals surface area contributed by atoms with Crippen LogP contribution in [0.1, 0.15) is 53.4 Å². The summed E-state index contributed by atoms with van der Waals surface area (Å²) in [7, 11) is 0. The van der Waals surface area contributed by atoms with Crippen LogP contribution in [-0.2, 0) is 0 Å². The lowest BCUT2D eigenvalue weighted by molar-refractivity contribution is -0.0197. The zero-order valence-electron chi connectivity index (χ0n) is 9.65. The van der Waals surface area contributed by atoms with Gasteiger partial charge in [-0.1, -0.05) is 27.7 Å². The molecule has 0 aromatic carbocycles. The van der Waals surface area contributed by atoms with Gasteiger partial charge in [-0.25, -0.2) is 0 Å². The largest absolute Gasteiger partial charge is 0.162 e. The molecule has 0 nitrogen and oxygen atoms in total. The smallest absolute Gasteiger partial charge is 0.00622 e. The molecule has 2 rings (SSSR count). The van der Waals surface area contributed by atoms with E-state index in [4.69, 9.17) is 0 Å². The highest BCUT2D eigenvalue weighted by Gasteiger charge is 2.48. The second-order valence-electron chi connectivity index (χ2n) is 5.13. The number of hydrogen-bond donors (Lipinski definition) is 0. The van der Waals surface area contributed by atoms with Crippen molar-refractivity contribution in [2.45, 2.75) is 53.4 Å². The van der Waals surface area contributed by atoms with E-state index in [1.54, 1.807) is 0 Å². The molecule has 1 saturated carbocycles. The molecule has 1 spiro atoms. The first-order chi connectivity index (χ1) is 6.12. The zero-order chi connectivity index (χ0) is 9.95. The predicted molar refractivity (Wildman–Crippen MR) is 63.4 cm³/mol. The number of rotatable bonds is 0. The van der Waals surface area contributed by atoms with E-state index in [-0.39, 0.29) is 0 Å². The Labute approximate surface area is 87.9 Å². The Morgan fingerprint density at radius 2 is 1.38 bits per heavy atom. The van der Waals surface area contributed by atoms with Gasteiger partial charge in [0.05, 0.1) is 0 Å². The van der Waals surface area contributed by atoms with Crippen LogP contribution in [0.15, 0.2) is 0 Å². The molecule has 1 heteroatoms. The molecule has 1 saturated heterocycles. The summed E-state index contributed by atoms with van der Waals surface area (Å²) < 4.78 is 0. The Morgan fingerprint density at radius 3 is 1.77 bits per heavy atom. The maximum atomic E-state index is 2.42. The average Bonchev–Trinajstić information content (AvgIpc) is 2.06. The summed E-state index contributed by atoms with van der Waals surface area (Å²) in [4.78, 5) is 0. The molecule has 78 valence electrons. The van der Waals surface area contributed by atoms with Gasteiger partial charge in [0.1, 0.15) is 0 Å². The van der Waals surface area contributed by atoms with Crippen LogP contribution < -0.4 is 0 Å². The van der Waals surface area contributed by atoms with E-state index in [0.717, 1.165) is 5.41 Å². The van der Waals surface area contributed by atoms with Crippen molar-refractivity contribution < 1.29 is 0 Å². The molecule has 0 radical (unpaired) electrons. The minimum absolute atomic E-state index is 0.683. The molecule has 0 bridgehead atoms. The molecular formula is C12H24S. The third-order valence-electron chi connectivity index (χ3n) is 3.26. The summed E-state index contributed by atoms with van der Waals surface area (Å²) in [6.45, 7) is 8.83. The van der Waals surface area contributed by atoms with Crippen molar-refractivity contribution in [1.29, 1.82) is 0 Å². The van der Waals surface area contributed by atoms with E-state index in [2.05, 4.69) is 25.6 Å². The first kappa shape index (κ1) is 11.4. The molecule has 0 unspecified atom stereocenters. The van der Waals surface area contributed by atoms with E-state index in [9.17, 15) is 0 Å². The molecule has 1 aliphatic heterocycles. The monoisotopic (exact) mass is 200 g/mol. The standard InChI is InChI=1S/C10H18S.C2H6/c1-9(2)7-10(8-9)3-5-11-6-4-10;1-2/h3-8H2,1-2H3;1-2H3. The van der Waals surface area contributed by atoms with Crippen LogP contribution in [0.3, 0.4) is 0 Å². The lowest BCUT2D eigenvalue weighted by Gasteiger charge is -2.55. The van der Waals surface area contributed by atoms with Gasteiger partial charge in [-0.15, -0.1) is 0 Å². The lowest BCUT2D eigenvalue weighted by atomic mass is 9.52. The van der Waals surface area contributed by atoms with Crippen LogP contribution in [0.4, 0.5) is 0 Å². The second-order valence-corrected chi connectivity index (χ2v) is 6.35. The van der Waals surface area contributed by atoms with E-state index < -0.39 is 0 Å². The third-order valence-corrected chi connectivity index (χ3v) is 4.25. The van der Waals surface area contributed by atoms with E-state index >= 15 is 0 Å². The molecule has 1 aliphatic carbocycles. The third kappa shape index (κ3) is 2.65. The number of thioether (sulfide) groups is 1. The van der Waals surface area contributed by atoms with E-state index in [1.165, 1.54) is 37.2 Å². The molecule has 0 atom stereocenters. The molecule has 13 heavy (non-hydrogen) atoms. The number of hydrogen-bond acceptors (Lipinski definition) is 1. The summed E-state index contributed by atoms with van der Waals surface area (Å²) in [5.41, 5.74) is 1.50. The van der Waals surface area contributed by atoms with Crippen molar-refractivity contribution in [3.05, 3.63) is 0 Å². The van der Waals surface area contributed by atoms with Crippen molar-refractivity contribution in [3.8, 4) is 0 Å². The van der Waals surface area contributed by atoms with Crippen LogP contribution in [-0.4, -0.2) is 11.5 Å². The normalized spacial score (nSPS) is 28.6. The van der Waals surface area contributed by atoms with Gasteiger partial charge in [-0.05, 0) is 48.0 Å². The molecule has 0 aromatic rings. The van der Waals surface area contributed by atoms with Crippen molar-refractivity contribution in [2.24, 2.45) is 10.8 Å². The fourth-order valence-electron chi connectivity index (χ4n) is 3.14. The second kappa shape index (κ2) is 4.25. The van der Waals surface area contributed by atoms with Crippen molar-refractivity contribution >= 4 is 11.8 Å². The first-order valence-electron chi connectivity index (χ1n) is 5.70. The highest BCUT2D eigenvalue weighted by Crippen LogP contribution is 2.59. The minimum atomic E-state index is 0.683. The van der Waals surface area contributed by atoms with Crippen LogP contribution in [0, 0.1) is 10.8 Å². The molecule has 2 aliphatic rings. The molecule has 0 N–H and O–H groups in total. The Balaban J connectivity index is 0.000000396. The zero-order valence-corrected chi connectivity index (χ0v) is 10.5. The van der Waals surface area contributed by atoms with Crippen molar-refractivity contribution in [2.75, 3.05) is 11.5 Å². The molecule has 0 aromatic heterocycles. The topological polar surface area (TPSA) is 0 Å². The Morgan fingerprint density at radius 1 is 0.923 bits per heavy atom. The molecule has 0 amide bonds. The fourth-order valence-corrected chi connectivity index (χ4v) is 4.50.